The maximum Gasteiger partial charge on any atom is 0.122 e. The lowest BCUT2D eigenvalue weighted by Crippen LogP contribution is -2.04. The van der Waals surface area contributed by atoms with E-state index in [-0.39, 0.29) is 0 Å². The average molecular weight is 291 g/mol. The van der Waals surface area contributed by atoms with Crippen LogP contribution in [0.4, 0.5) is 0 Å². The lowest BCUT2D eigenvalue weighted by atomic mass is 9.96. The lowest BCUT2D eigenvalue weighted by molar-refractivity contribution is 0.217. The zero-order valence-corrected chi connectivity index (χ0v) is 13.5. The molecule has 0 amide bonds. The van der Waals surface area contributed by atoms with E-state index in [0.717, 1.165) is 22.0 Å². The molecule has 1 heterocycles. The summed E-state index contributed by atoms with van der Waals surface area (Å²) in [4.78, 5) is 4.46. The molecule has 0 radical (unpaired) electrons. The Bertz CT molecular complexity index is 852. The molecule has 2 nitrogen and oxygen atoms in total. The number of aryl methyl sites for hydroxylation is 4. The summed E-state index contributed by atoms with van der Waals surface area (Å²) in [7, 11) is 0. The van der Waals surface area contributed by atoms with Gasteiger partial charge in [-0.2, -0.15) is 0 Å². The summed E-state index contributed by atoms with van der Waals surface area (Å²) < 4.78 is 0. The standard InChI is InChI=1S/C20H21NO/c1-12-5-6-17(10-13(12)2)20(22)19-18-11-15(4)14(3)9-16(18)7-8-21-19/h5-11,20,22H,1-4H3. The minimum atomic E-state index is -0.704. The molecule has 3 aromatic rings. The van der Waals surface area contributed by atoms with Crippen LogP contribution in [0.25, 0.3) is 10.8 Å². The van der Waals surface area contributed by atoms with E-state index in [1.165, 1.54) is 22.3 Å². The first-order chi connectivity index (χ1) is 10.5. The van der Waals surface area contributed by atoms with Crippen molar-refractivity contribution in [3.05, 3.63) is 76.1 Å². The van der Waals surface area contributed by atoms with E-state index >= 15 is 0 Å². The van der Waals surface area contributed by atoms with Gasteiger partial charge in [0.05, 0.1) is 5.69 Å². The summed E-state index contributed by atoms with van der Waals surface area (Å²) in [5, 5.41) is 12.9. The summed E-state index contributed by atoms with van der Waals surface area (Å²) >= 11 is 0. The number of fused-ring (bicyclic) bond motifs is 1. The van der Waals surface area contributed by atoms with E-state index in [0.29, 0.717) is 0 Å². The number of hydrogen-bond donors (Lipinski definition) is 1. The average Bonchev–Trinajstić information content (AvgIpc) is 2.50. The number of rotatable bonds is 2. The van der Waals surface area contributed by atoms with Crippen molar-refractivity contribution in [2.24, 2.45) is 0 Å². The normalized spacial score (nSPS) is 12.6. The highest BCUT2D eigenvalue weighted by molar-refractivity contribution is 5.86. The van der Waals surface area contributed by atoms with Gasteiger partial charge in [0.1, 0.15) is 6.10 Å². The van der Waals surface area contributed by atoms with Gasteiger partial charge in [-0.3, -0.25) is 4.98 Å². The number of pyridine rings is 1. The molecule has 3 rings (SSSR count). The molecule has 22 heavy (non-hydrogen) atoms. The summed E-state index contributed by atoms with van der Waals surface area (Å²) in [6.07, 6.45) is 1.07. The predicted octanol–water partition coefficient (Wildman–Crippen LogP) is 4.55. The van der Waals surface area contributed by atoms with Crippen LogP contribution in [-0.2, 0) is 0 Å². The van der Waals surface area contributed by atoms with Crippen molar-refractivity contribution in [2.45, 2.75) is 33.8 Å². The molecule has 1 aromatic heterocycles. The second kappa shape index (κ2) is 5.54. The SMILES string of the molecule is Cc1ccc(C(O)c2nccc3cc(C)c(C)cc23)cc1C. The Morgan fingerprint density at radius 1 is 0.818 bits per heavy atom. The largest absolute Gasteiger partial charge is 0.382 e. The number of aliphatic hydroxyl groups excluding tert-OH is 1. The Morgan fingerprint density at radius 2 is 1.50 bits per heavy atom. The molecule has 1 N–H and O–H groups in total. The van der Waals surface area contributed by atoms with Crippen LogP contribution in [-0.4, -0.2) is 10.1 Å². The molecule has 0 saturated heterocycles. The topological polar surface area (TPSA) is 33.1 Å². The lowest BCUT2D eigenvalue weighted by Gasteiger charge is -2.15. The molecule has 2 aromatic carbocycles. The van der Waals surface area contributed by atoms with E-state index in [9.17, 15) is 5.11 Å². The number of aliphatic hydroxyl groups is 1. The second-order valence-electron chi connectivity index (χ2n) is 6.10. The fraction of sp³-hybridized carbons (Fsp3) is 0.250. The third-order valence-corrected chi connectivity index (χ3v) is 4.52. The first kappa shape index (κ1) is 14.7. The van der Waals surface area contributed by atoms with Gasteiger partial charge in [0, 0.05) is 11.6 Å². The molecule has 0 aliphatic heterocycles. The Kier molecular flexibility index (Phi) is 3.71. The van der Waals surface area contributed by atoms with E-state index in [2.05, 4.69) is 50.9 Å². The minimum Gasteiger partial charge on any atom is -0.382 e. The van der Waals surface area contributed by atoms with Crippen LogP contribution >= 0.6 is 0 Å². The zero-order valence-electron chi connectivity index (χ0n) is 13.5. The van der Waals surface area contributed by atoms with Gasteiger partial charge in [0.15, 0.2) is 0 Å². The van der Waals surface area contributed by atoms with Crippen molar-refractivity contribution in [1.29, 1.82) is 0 Å². The molecule has 0 saturated carbocycles. The second-order valence-corrected chi connectivity index (χ2v) is 6.10. The third kappa shape index (κ3) is 2.51. The van der Waals surface area contributed by atoms with Crippen molar-refractivity contribution in [3.8, 4) is 0 Å². The van der Waals surface area contributed by atoms with E-state index < -0.39 is 6.10 Å². The number of benzene rings is 2. The monoisotopic (exact) mass is 291 g/mol. The van der Waals surface area contributed by atoms with Gasteiger partial charge in [-0.1, -0.05) is 24.3 Å². The number of hydrogen-bond acceptors (Lipinski definition) is 2. The summed E-state index contributed by atoms with van der Waals surface area (Å²) in [5.41, 5.74) is 6.50. The Hall–Kier alpha value is -2.19. The van der Waals surface area contributed by atoms with Crippen LogP contribution < -0.4 is 0 Å². The van der Waals surface area contributed by atoms with Gasteiger partial charge < -0.3 is 5.11 Å². The molecular formula is C20H21NO. The first-order valence-corrected chi connectivity index (χ1v) is 7.58. The highest BCUT2D eigenvalue weighted by atomic mass is 16.3. The van der Waals surface area contributed by atoms with Crippen molar-refractivity contribution < 1.29 is 5.11 Å². The fourth-order valence-electron chi connectivity index (χ4n) is 2.78. The third-order valence-electron chi connectivity index (χ3n) is 4.52. The van der Waals surface area contributed by atoms with Crippen molar-refractivity contribution in [2.75, 3.05) is 0 Å². The Morgan fingerprint density at radius 3 is 2.23 bits per heavy atom. The van der Waals surface area contributed by atoms with Crippen LogP contribution in [0.5, 0.6) is 0 Å². The molecule has 0 aliphatic carbocycles. The summed E-state index contributed by atoms with van der Waals surface area (Å²) in [6.45, 7) is 8.34. The Labute approximate surface area is 131 Å². The van der Waals surface area contributed by atoms with Gasteiger partial charge in [0.25, 0.3) is 0 Å². The molecule has 1 unspecified atom stereocenters. The highest BCUT2D eigenvalue weighted by Crippen LogP contribution is 2.29. The molecular weight excluding hydrogens is 270 g/mol. The van der Waals surface area contributed by atoms with Crippen LogP contribution in [0.15, 0.2) is 42.6 Å². The van der Waals surface area contributed by atoms with Gasteiger partial charge in [-0.15, -0.1) is 0 Å². The number of nitrogens with zero attached hydrogens (tertiary/aromatic N) is 1. The predicted molar refractivity (Wildman–Crippen MR) is 91.2 cm³/mol. The van der Waals surface area contributed by atoms with Crippen LogP contribution in [0.3, 0.4) is 0 Å². The highest BCUT2D eigenvalue weighted by Gasteiger charge is 2.16. The summed E-state index contributed by atoms with van der Waals surface area (Å²) in [6, 6.07) is 12.4. The maximum atomic E-state index is 10.8. The quantitative estimate of drug-likeness (QED) is 0.751. The molecule has 0 fully saturated rings. The zero-order chi connectivity index (χ0) is 15.9. The number of aromatic nitrogens is 1. The fourth-order valence-corrected chi connectivity index (χ4v) is 2.78. The van der Waals surface area contributed by atoms with Crippen molar-refractivity contribution in [1.82, 2.24) is 4.98 Å². The van der Waals surface area contributed by atoms with Gasteiger partial charge in [-0.25, -0.2) is 0 Å². The van der Waals surface area contributed by atoms with Crippen molar-refractivity contribution in [3.63, 3.8) is 0 Å². The molecule has 2 heteroatoms. The summed E-state index contributed by atoms with van der Waals surface area (Å²) in [5.74, 6) is 0. The van der Waals surface area contributed by atoms with E-state index in [4.69, 9.17) is 0 Å². The van der Waals surface area contributed by atoms with Crippen LogP contribution in [0.1, 0.15) is 39.6 Å². The molecule has 0 bridgehead atoms. The molecule has 112 valence electrons. The van der Waals surface area contributed by atoms with E-state index in [1.54, 1.807) is 6.20 Å². The van der Waals surface area contributed by atoms with Crippen molar-refractivity contribution >= 4 is 10.8 Å². The van der Waals surface area contributed by atoms with Gasteiger partial charge in [0.2, 0.25) is 0 Å². The smallest absolute Gasteiger partial charge is 0.122 e. The van der Waals surface area contributed by atoms with Gasteiger partial charge >= 0.3 is 0 Å². The first-order valence-electron chi connectivity index (χ1n) is 7.58. The Balaban J connectivity index is 2.16. The molecule has 0 aliphatic rings. The van der Waals surface area contributed by atoms with Gasteiger partial charge in [-0.05, 0) is 73.0 Å². The maximum absolute atomic E-state index is 10.8. The van der Waals surface area contributed by atoms with E-state index in [1.807, 2.05) is 18.2 Å². The molecule has 1 atom stereocenters. The van der Waals surface area contributed by atoms with Crippen LogP contribution in [0.2, 0.25) is 0 Å². The van der Waals surface area contributed by atoms with Crippen LogP contribution in [0, 0.1) is 27.7 Å². The molecule has 0 spiro atoms. The minimum absolute atomic E-state index is 0.704.